The highest BCUT2D eigenvalue weighted by Crippen LogP contribution is 2.36. The minimum Gasteiger partial charge on any atom is -0.458 e. The second kappa shape index (κ2) is 14.9. The normalized spacial score (nSPS) is 31.9. The van der Waals surface area contributed by atoms with E-state index in [0.29, 0.717) is 12.5 Å². The average molecular weight is 492 g/mol. The van der Waals surface area contributed by atoms with Gasteiger partial charge in [-0.25, -0.2) is 0 Å². The van der Waals surface area contributed by atoms with Gasteiger partial charge < -0.3 is 14.6 Å². The summed E-state index contributed by atoms with van der Waals surface area (Å²) in [6.45, 7) is 12.8. The number of epoxide rings is 1. The Kier molecular flexibility index (Phi) is 12.7. The van der Waals surface area contributed by atoms with Crippen LogP contribution in [0, 0.1) is 17.8 Å². The highest BCUT2D eigenvalue weighted by atomic mass is 16.7. The minimum absolute atomic E-state index is 0.0798. The van der Waals surface area contributed by atoms with Crippen molar-refractivity contribution < 1.29 is 24.2 Å². The van der Waals surface area contributed by atoms with E-state index < -0.39 is 0 Å². The van der Waals surface area contributed by atoms with Crippen LogP contribution in [0.25, 0.3) is 0 Å². The number of aliphatic hydroxyl groups is 1. The van der Waals surface area contributed by atoms with E-state index in [1.54, 1.807) is 0 Å². The fourth-order valence-corrected chi connectivity index (χ4v) is 5.10. The molecule has 1 saturated heterocycles. The Morgan fingerprint density at radius 2 is 1.97 bits per heavy atom. The molecular formula is C29H49NO5. The number of ether oxygens (including phenoxy) is 2. The zero-order valence-corrected chi connectivity index (χ0v) is 23.0. The first kappa shape index (κ1) is 29.8. The molecule has 6 nitrogen and oxygen atoms in total. The molecule has 0 aromatic carbocycles. The summed E-state index contributed by atoms with van der Waals surface area (Å²) < 4.78 is 11.4. The first-order chi connectivity index (χ1) is 16.6. The topological polar surface area (TPSA) is 71.5 Å². The van der Waals surface area contributed by atoms with E-state index in [9.17, 15) is 9.90 Å². The number of rotatable bonds is 9. The van der Waals surface area contributed by atoms with Crippen molar-refractivity contribution in [2.24, 2.45) is 17.8 Å². The molecule has 2 aliphatic heterocycles. The van der Waals surface area contributed by atoms with Gasteiger partial charge in [0.1, 0.15) is 6.10 Å². The van der Waals surface area contributed by atoms with Crippen LogP contribution < -0.4 is 0 Å². The van der Waals surface area contributed by atoms with Crippen LogP contribution in [0.3, 0.4) is 0 Å². The standard InChI is InChI=1S/C29H49NO5/c1-8-26(32)23(5)29-27(35-29)19-20(2)13-12-14-21(3)28-22(4)16-17-25(34-24(6)31)15-10-9-11-18-33-30(28)7/h12-14,16-17,20,22-23,25-29,32H,8-11,15,18-19H2,1-7H3/t20-,22+,23-,25?,26+,27-,28-,29-/m1/s1. The van der Waals surface area contributed by atoms with E-state index in [0.717, 1.165) is 38.5 Å². The molecule has 2 aliphatic rings. The molecule has 8 atom stereocenters. The summed E-state index contributed by atoms with van der Waals surface area (Å²) in [5.74, 6) is 0.541. The van der Waals surface area contributed by atoms with Crippen LogP contribution in [0.5, 0.6) is 0 Å². The Morgan fingerprint density at radius 1 is 1.23 bits per heavy atom. The van der Waals surface area contributed by atoms with Gasteiger partial charge >= 0.3 is 5.97 Å². The summed E-state index contributed by atoms with van der Waals surface area (Å²) in [5, 5.41) is 12.0. The molecule has 35 heavy (non-hydrogen) atoms. The van der Waals surface area contributed by atoms with Gasteiger partial charge in [0.2, 0.25) is 0 Å². The lowest BCUT2D eigenvalue weighted by molar-refractivity contribution is -0.167. The zero-order chi connectivity index (χ0) is 26.0. The summed E-state index contributed by atoms with van der Waals surface area (Å²) in [6, 6.07) is 0.0798. The maximum Gasteiger partial charge on any atom is 0.303 e. The van der Waals surface area contributed by atoms with Crippen LogP contribution in [-0.2, 0) is 19.1 Å². The van der Waals surface area contributed by atoms with Crippen molar-refractivity contribution >= 4 is 5.97 Å². The van der Waals surface area contributed by atoms with Crippen molar-refractivity contribution in [2.75, 3.05) is 13.7 Å². The number of hydroxylamine groups is 2. The Hall–Kier alpha value is -1.47. The number of allylic oxidation sites excluding steroid dienone is 3. The molecule has 0 spiro atoms. The monoisotopic (exact) mass is 491 g/mol. The Labute approximate surface area is 213 Å². The number of aliphatic hydroxyl groups excluding tert-OH is 1. The first-order valence-corrected chi connectivity index (χ1v) is 13.5. The van der Waals surface area contributed by atoms with E-state index in [2.05, 4.69) is 52.0 Å². The summed E-state index contributed by atoms with van der Waals surface area (Å²) in [7, 11) is 2.00. The number of likely N-dealkylation sites (N-methyl/N-ethyl adjacent to an activating group) is 1. The molecule has 0 aromatic heterocycles. The highest BCUT2D eigenvalue weighted by molar-refractivity contribution is 5.66. The molecule has 6 heteroatoms. The van der Waals surface area contributed by atoms with Gasteiger partial charge in [-0.05, 0) is 56.9 Å². The molecule has 1 fully saturated rings. The van der Waals surface area contributed by atoms with Crippen LogP contribution >= 0.6 is 0 Å². The summed E-state index contributed by atoms with van der Waals surface area (Å²) in [5.41, 5.74) is 1.22. The van der Waals surface area contributed by atoms with Crippen molar-refractivity contribution in [1.29, 1.82) is 0 Å². The number of hydrogen-bond acceptors (Lipinski definition) is 6. The minimum atomic E-state index is -0.285. The molecular weight excluding hydrogens is 442 g/mol. The highest BCUT2D eigenvalue weighted by Gasteiger charge is 2.44. The van der Waals surface area contributed by atoms with Crippen molar-refractivity contribution in [3.8, 4) is 0 Å². The molecule has 0 aliphatic carbocycles. The average Bonchev–Trinajstić information content (AvgIpc) is 3.56. The number of nitrogens with zero attached hydrogens (tertiary/aromatic N) is 1. The number of esters is 1. The molecule has 2 heterocycles. The molecule has 200 valence electrons. The van der Waals surface area contributed by atoms with Crippen LogP contribution in [0.2, 0.25) is 0 Å². The molecule has 0 amide bonds. The lowest BCUT2D eigenvalue weighted by atomic mass is 9.92. The molecule has 2 rings (SSSR count). The Morgan fingerprint density at radius 3 is 2.66 bits per heavy atom. The molecule has 0 bridgehead atoms. The van der Waals surface area contributed by atoms with E-state index in [-0.39, 0.29) is 48.3 Å². The van der Waals surface area contributed by atoms with Crippen LogP contribution in [0.4, 0.5) is 0 Å². The first-order valence-electron chi connectivity index (χ1n) is 13.5. The predicted molar refractivity (Wildman–Crippen MR) is 141 cm³/mol. The fourth-order valence-electron chi connectivity index (χ4n) is 5.10. The maximum absolute atomic E-state index is 11.5. The van der Waals surface area contributed by atoms with Gasteiger partial charge in [-0.15, -0.1) is 0 Å². The van der Waals surface area contributed by atoms with Gasteiger partial charge in [-0.3, -0.25) is 9.63 Å². The van der Waals surface area contributed by atoms with Crippen LogP contribution in [0.15, 0.2) is 36.0 Å². The lowest BCUT2D eigenvalue weighted by Gasteiger charge is -2.32. The van der Waals surface area contributed by atoms with Crippen molar-refractivity contribution in [3.05, 3.63) is 36.0 Å². The third-order valence-corrected chi connectivity index (χ3v) is 7.30. The van der Waals surface area contributed by atoms with Crippen molar-refractivity contribution in [2.45, 2.75) is 111 Å². The van der Waals surface area contributed by atoms with Crippen LogP contribution in [-0.4, -0.2) is 60.3 Å². The molecule has 1 N–H and O–H groups in total. The summed E-state index contributed by atoms with van der Waals surface area (Å²) in [6.07, 6.45) is 16.4. The number of carbonyl (C=O) groups is 1. The van der Waals surface area contributed by atoms with Crippen molar-refractivity contribution in [3.63, 3.8) is 0 Å². The van der Waals surface area contributed by atoms with E-state index in [1.165, 1.54) is 12.5 Å². The van der Waals surface area contributed by atoms with E-state index in [1.807, 2.05) is 25.1 Å². The van der Waals surface area contributed by atoms with E-state index in [4.69, 9.17) is 14.3 Å². The molecule has 1 unspecified atom stereocenters. The van der Waals surface area contributed by atoms with Crippen molar-refractivity contribution in [1.82, 2.24) is 5.06 Å². The quantitative estimate of drug-likeness (QED) is 0.195. The van der Waals surface area contributed by atoms with Gasteiger partial charge in [0.25, 0.3) is 0 Å². The number of hydrogen-bond donors (Lipinski definition) is 1. The third-order valence-electron chi connectivity index (χ3n) is 7.30. The molecule has 0 aromatic rings. The summed E-state index contributed by atoms with van der Waals surface area (Å²) >= 11 is 0. The Balaban J connectivity index is 2.01. The predicted octanol–water partition coefficient (Wildman–Crippen LogP) is 5.62. The van der Waals surface area contributed by atoms with Gasteiger partial charge in [0, 0.05) is 19.9 Å². The second-order valence-corrected chi connectivity index (χ2v) is 10.5. The zero-order valence-electron chi connectivity index (χ0n) is 23.0. The number of carbonyl (C=O) groups excluding carboxylic acids is 1. The SMILES string of the molecule is CC[C@H](O)[C@@H](C)[C@H]1O[C@@H]1C[C@H](C)C=CC=C(C)[C@@H]1[C@@H](C)C=CC(OC(C)=O)CCCCCON1C. The molecule has 0 saturated carbocycles. The summed E-state index contributed by atoms with van der Waals surface area (Å²) in [4.78, 5) is 17.6. The maximum atomic E-state index is 11.5. The van der Waals surface area contributed by atoms with Gasteiger partial charge in [0.15, 0.2) is 0 Å². The third kappa shape index (κ3) is 10.2. The lowest BCUT2D eigenvalue weighted by Crippen LogP contribution is -2.38. The molecule has 0 radical (unpaired) electrons. The van der Waals surface area contributed by atoms with E-state index >= 15 is 0 Å². The smallest absolute Gasteiger partial charge is 0.303 e. The Bertz CT molecular complexity index is 733. The largest absolute Gasteiger partial charge is 0.458 e. The second-order valence-electron chi connectivity index (χ2n) is 10.5. The van der Waals surface area contributed by atoms with Gasteiger partial charge in [0.05, 0.1) is 31.0 Å². The van der Waals surface area contributed by atoms with Gasteiger partial charge in [-0.2, -0.15) is 5.06 Å². The fraction of sp³-hybridized carbons (Fsp3) is 0.759. The van der Waals surface area contributed by atoms with Gasteiger partial charge in [-0.1, -0.05) is 64.0 Å². The van der Waals surface area contributed by atoms with Crippen LogP contribution in [0.1, 0.15) is 80.1 Å².